The van der Waals surface area contributed by atoms with Gasteiger partial charge in [-0.1, -0.05) is 0 Å². The molecule has 1 fully saturated rings. The number of rotatable bonds is 3. The van der Waals surface area contributed by atoms with Crippen LogP contribution in [0.2, 0.25) is 0 Å². The van der Waals surface area contributed by atoms with Crippen molar-refractivity contribution in [3.8, 4) is 0 Å². The monoisotopic (exact) mass is 275 g/mol. The van der Waals surface area contributed by atoms with E-state index in [2.05, 4.69) is 47.2 Å². The number of piperidine rings is 1. The Hall–Kier alpha value is -1.13. The highest BCUT2D eigenvalue weighted by molar-refractivity contribution is 7.16. The minimum absolute atomic E-state index is 0.611. The number of nitrogens with one attached hydrogen (secondary N) is 1. The van der Waals surface area contributed by atoms with Crippen molar-refractivity contribution in [2.24, 2.45) is 0 Å². The first-order valence-corrected chi connectivity index (χ1v) is 7.94. The smallest absolute Gasteiger partial charge is 0.0813 e. The molecule has 1 N–H and O–H groups in total. The van der Waals surface area contributed by atoms with Crippen molar-refractivity contribution in [2.75, 3.05) is 18.4 Å². The van der Waals surface area contributed by atoms with E-state index < -0.39 is 0 Å². The maximum Gasteiger partial charge on any atom is 0.0813 e. The van der Waals surface area contributed by atoms with E-state index in [0.29, 0.717) is 12.1 Å². The molecule has 1 aliphatic rings. The van der Waals surface area contributed by atoms with E-state index in [1.165, 1.54) is 36.3 Å². The van der Waals surface area contributed by atoms with Crippen molar-refractivity contribution in [1.82, 2.24) is 9.88 Å². The summed E-state index contributed by atoms with van der Waals surface area (Å²) in [5, 5.41) is 3.67. The van der Waals surface area contributed by atoms with Gasteiger partial charge >= 0.3 is 0 Å². The Kier molecular flexibility index (Phi) is 3.71. The summed E-state index contributed by atoms with van der Waals surface area (Å²) in [6, 6.07) is 7.77. The normalized spacial score (nSPS) is 18.3. The van der Waals surface area contributed by atoms with Gasteiger partial charge in [0.05, 0.1) is 15.7 Å². The number of benzene rings is 1. The van der Waals surface area contributed by atoms with Crippen molar-refractivity contribution in [3.63, 3.8) is 0 Å². The lowest BCUT2D eigenvalue weighted by Gasteiger charge is -2.35. The molecule has 0 spiro atoms. The SMILES string of the molecule is CC(C)N1CCC(Nc2ccc3ncsc3c2)CC1. The third-order valence-corrected chi connectivity index (χ3v) is 4.75. The Morgan fingerprint density at radius 3 is 2.84 bits per heavy atom. The van der Waals surface area contributed by atoms with Gasteiger partial charge in [0, 0.05) is 30.9 Å². The zero-order valence-electron chi connectivity index (χ0n) is 11.6. The number of thiazole rings is 1. The molecule has 0 saturated carbocycles. The van der Waals surface area contributed by atoms with E-state index in [1.807, 2.05) is 5.51 Å². The molecule has 2 aromatic rings. The first kappa shape index (κ1) is 12.9. The summed E-state index contributed by atoms with van der Waals surface area (Å²) in [6.45, 7) is 6.98. The number of likely N-dealkylation sites (tertiary alicyclic amines) is 1. The quantitative estimate of drug-likeness (QED) is 0.928. The molecule has 0 amide bonds. The molecule has 4 heteroatoms. The van der Waals surface area contributed by atoms with Crippen molar-refractivity contribution in [3.05, 3.63) is 23.7 Å². The molecule has 0 aliphatic carbocycles. The van der Waals surface area contributed by atoms with Crippen LogP contribution in [0.15, 0.2) is 23.7 Å². The zero-order valence-corrected chi connectivity index (χ0v) is 12.4. The van der Waals surface area contributed by atoms with Gasteiger partial charge in [0.1, 0.15) is 0 Å². The van der Waals surface area contributed by atoms with Crippen LogP contribution in [0.4, 0.5) is 5.69 Å². The Balaban J connectivity index is 1.62. The maximum absolute atomic E-state index is 4.32. The minimum atomic E-state index is 0.611. The summed E-state index contributed by atoms with van der Waals surface area (Å²) in [5.74, 6) is 0. The summed E-state index contributed by atoms with van der Waals surface area (Å²) in [7, 11) is 0. The maximum atomic E-state index is 4.32. The number of nitrogens with zero attached hydrogens (tertiary/aromatic N) is 2. The fraction of sp³-hybridized carbons (Fsp3) is 0.533. The Morgan fingerprint density at radius 1 is 1.32 bits per heavy atom. The van der Waals surface area contributed by atoms with Crippen molar-refractivity contribution < 1.29 is 0 Å². The molecule has 1 aromatic heterocycles. The second-order valence-electron chi connectivity index (χ2n) is 5.58. The average molecular weight is 275 g/mol. The summed E-state index contributed by atoms with van der Waals surface area (Å²) in [6.07, 6.45) is 2.47. The van der Waals surface area contributed by atoms with Gasteiger partial charge in [0.25, 0.3) is 0 Å². The van der Waals surface area contributed by atoms with Crippen LogP contribution in [0.5, 0.6) is 0 Å². The summed E-state index contributed by atoms with van der Waals surface area (Å²) in [4.78, 5) is 6.88. The van der Waals surface area contributed by atoms with Gasteiger partial charge in [-0.3, -0.25) is 0 Å². The van der Waals surface area contributed by atoms with Crippen molar-refractivity contribution >= 4 is 27.2 Å². The largest absolute Gasteiger partial charge is 0.382 e. The van der Waals surface area contributed by atoms with Crippen LogP contribution in [0.25, 0.3) is 10.2 Å². The molecule has 0 radical (unpaired) electrons. The highest BCUT2D eigenvalue weighted by atomic mass is 32.1. The van der Waals surface area contributed by atoms with Crippen molar-refractivity contribution in [1.29, 1.82) is 0 Å². The zero-order chi connectivity index (χ0) is 13.2. The summed E-state index contributed by atoms with van der Waals surface area (Å²) < 4.78 is 1.27. The number of hydrogen-bond acceptors (Lipinski definition) is 4. The van der Waals surface area contributed by atoms with Crippen LogP contribution in [0.3, 0.4) is 0 Å². The van der Waals surface area contributed by atoms with Gasteiger partial charge in [0.15, 0.2) is 0 Å². The van der Waals surface area contributed by atoms with Gasteiger partial charge in [-0.15, -0.1) is 11.3 Å². The summed E-state index contributed by atoms with van der Waals surface area (Å²) >= 11 is 1.71. The van der Waals surface area contributed by atoms with E-state index in [-0.39, 0.29) is 0 Å². The second kappa shape index (κ2) is 5.47. The molecule has 19 heavy (non-hydrogen) atoms. The number of hydrogen-bond donors (Lipinski definition) is 1. The molecule has 1 aromatic carbocycles. The lowest BCUT2D eigenvalue weighted by atomic mass is 10.0. The van der Waals surface area contributed by atoms with E-state index in [1.54, 1.807) is 11.3 Å². The molecule has 102 valence electrons. The lowest BCUT2D eigenvalue weighted by Crippen LogP contribution is -2.42. The highest BCUT2D eigenvalue weighted by Gasteiger charge is 2.20. The van der Waals surface area contributed by atoms with E-state index >= 15 is 0 Å². The molecule has 0 bridgehead atoms. The van der Waals surface area contributed by atoms with E-state index in [9.17, 15) is 0 Å². The summed E-state index contributed by atoms with van der Waals surface area (Å²) in [5.41, 5.74) is 4.25. The Morgan fingerprint density at radius 2 is 2.11 bits per heavy atom. The van der Waals surface area contributed by atoms with Crippen LogP contribution in [0, 0.1) is 0 Å². The van der Waals surface area contributed by atoms with Crippen LogP contribution in [0.1, 0.15) is 26.7 Å². The van der Waals surface area contributed by atoms with E-state index in [0.717, 1.165) is 5.52 Å². The van der Waals surface area contributed by atoms with Gasteiger partial charge in [0.2, 0.25) is 0 Å². The topological polar surface area (TPSA) is 28.2 Å². The predicted octanol–water partition coefficient (Wildman–Crippen LogP) is 3.58. The third kappa shape index (κ3) is 2.90. The first-order chi connectivity index (χ1) is 9.22. The molecule has 0 unspecified atom stereocenters. The molecule has 1 aliphatic heterocycles. The molecule has 2 heterocycles. The molecule has 3 rings (SSSR count). The number of anilines is 1. The fourth-order valence-electron chi connectivity index (χ4n) is 2.74. The third-order valence-electron chi connectivity index (χ3n) is 3.96. The fourth-order valence-corrected chi connectivity index (χ4v) is 3.46. The molecule has 0 atom stereocenters. The standard InChI is InChI=1S/C15H21N3S/c1-11(2)18-7-5-12(6-8-18)17-13-3-4-14-15(9-13)19-10-16-14/h3-4,9-12,17H,5-8H2,1-2H3. The van der Waals surface area contributed by atoms with E-state index in [4.69, 9.17) is 0 Å². The Bertz CT molecular complexity index is 541. The number of aromatic nitrogens is 1. The number of fused-ring (bicyclic) bond motifs is 1. The highest BCUT2D eigenvalue weighted by Crippen LogP contribution is 2.24. The van der Waals surface area contributed by atoms with Gasteiger partial charge < -0.3 is 10.2 Å². The van der Waals surface area contributed by atoms with Crippen LogP contribution < -0.4 is 5.32 Å². The van der Waals surface area contributed by atoms with Gasteiger partial charge in [-0.05, 0) is 44.9 Å². The van der Waals surface area contributed by atoms with Crippen LogP contribution in [-0.4, -0.2) is 35.1 Å². The Labute approximate surface area is 118 Å². The molecule has 3 nitrogen and oxygen atoms in total. The molecular weight excluding hydrogens is 254 g/mol. The van der Waals surface area contributed by atoms with Gasteiger partial charge in [-0.2, -0.15) is 0 Å². The van der Waals surface area contributed by atoms with Crippen LogP contribution >= 0.6 is 11.3 Å². The predicted molar refractivity (Wildman–Crippen MR) is 83.0 cm³/mol. The van der Waals surface area contributed by atoms with Crippen molar-refractivity contribution in [2.45, 2.75) is 38.8 Å². The lowest BCUT2D eigenvalue weighted by molar-refractivity contribution is 0.177. The van der Waals surface area contributed by atoms with Crippen LogP contribution in [-0.2, 0) is 0 Å². The second-order valence-corrected chi connectivity index (χ2v) is 6.47. The average Bonchev–Trinajstić information content (AvgIpc) is 2.87. The molecular formula is C15H21N3S. The molecule has 1 saturated heterocycles. The minimum Gasteiger partial charge on any atom is -0.382 e. The van der Waals surface area contributed by atoms with Gasteiger partial charge in [-0.25, -0.2) is 4.98 Å². The first-order valence-electron chi connectivity index (χ1n) is 7.06.